The fourth-order valence-corrected chi connectivity index (χ4v) is 5.33. The van der Waals surface area contributed by atoms with Crippen LogP contribution in [0.15, 0.2) is 78.9 Å². The van der Waals surface area contributed by atoms with Crippen LogP contribution in [-0.4, -0.2) is 63.1 Å². The van der Waals surface area contributed by atoms with Gasteiger partial charge in [-0.2, -0.15) is 0 Å². The van der Waals surface area contributed by atoms with E-state index in [1.165, 1.54) is 6.08 Å². The lowest BCUT2D eigenvalue weighted by atomic mass is 10.1. The summed E-state index contributed by atoms with van der Waals surface area (Å²) in [5, 5.41) is 2.94. The number of hydrogen-bond acceptors (Lipinski definition) is 5. The molecular weight excluding hydrogens is 488 g/mol. The van der Waals surface area contributed by atoms with Gasteiger partial charge in [0.25, 0.3) is 5.91 Å². The number of nitrogens with one attached hydrogen (secondary N) is 1. The Bertz CT molecular complexity index is 1310. The van der Waals surface area contributed by atoms with Gasteiger partial charge in [-0.3, -0.25) is 9.59 Å². The first kappa shape index (κ1) is 26.4. The van der Waals surface area contributed by atoms with Gasteiger partial charge in [0, 0.05) is 56.7 Å². The smallest absolute Gasteiger partial charge is 0.256 e. The highest BCUT2D eigenvalue weighted by molar-refractivity contribution is 6.05. The molecule has 5 rings (SSSR count). The van der Waals surface area contributed by atoms with Gasteiger partial charge in [0.15, 0.2) is 0 Å². The molecule has 2 aliphatic heterocycles. The normalized spacial score (nSPS) is 15.9. The first-order chi connectivity index (χ1) is 19.1. The third-order valence-electron chi connectivity index (χ3n) is 7.41. The maximum atomic E-state index is 13.7. The van der Waals surface area contributed by atoms with Crippen LogP contribution < -0.4 is 19.9 Å². The molecule has 7 nitrogen and oxygen atoms in total. The summed E-state index contributed by atoms with van der Waals surface area (Å²) in [7, 11) is 1.70. The van der Waals surface area contributed by atoms with Gasteiger partial charge in [-0.25, -0.2) is 0 Å². The van der Waals surface area contributed by atoms with Crippen LogP contribution >= 0.6 is 0 Å². The first-order valence-electron chi connectivity index (χ1n) is 13.7. The summed E-state index contributed by atoms with van der Waals surface area (Å²) < 4.78 is 5.57. The van der Waals surface area contributed by atoms with Crippen LogP contribution in [0.25, 0.3) is 6.08 Å². The van der Waals surface area contributed by atoms with Crippen LogP contribution in [0, 0.1) is 0 Å². The standard InChI is InChI=1S/C32H36N4O3/c1-39-30-13-7-6-12-29(30)35-22-20-34(21-23-35)28-16-15-26(24-27(28)32(38)36-18-8-3-9-19-36)33-31(37)17-14-25-10-4-2-5-11-25/h2,4-7,10-17,24H,3,8-9,18-23H2,1H3,(H,33,37)/b17-14+. The molecule has 0 spiro atoms. The van der Waals surface area contributed by atoms with E-state index in [1.54, 1.807) is 13.2 Å². The lowest BCUT2D eigenvalue weighted by molar-refractivity contribution is -0.111. The fraction of sp³-hybridized carbons (Fsp3) is 0.312. The lowest BCUT2D eigenvalue weighted by Gasteiger charge is -2.39. The van der Waals surface area contributed by atoms with Crippen LogP contribution in [0.1, 0.15) is 35.2 Å². The number of rotatable bonds is 7. The monoisotopic (exact) mass is 524 g/mol. The summed E-state index contributed by atoms with van der Waals surface area (Å²) in [6.45, 7) is 4.75. The second kappa shape index (κ2) is 12.5. The van der Waals surface area contributed by atoms with Gasteiger partial charge in [-0.15, -0.1) is 0 Å². The van der Waals surface area contributed by atoms with Crippen LogP contribution in [0.5, 0.6) is 5.75 Å². The van der Waals surface area contributed by atoms with Crippen molar-refractivity contribution in [3.05, 3.63) is 90.0 Å². The minimum atomic E-state index is -0.228. The number of para-hydroxylation sites is 2. The Labute approximate surface area is 230 Å². The number of likely N-dealkylation sites (tertiary alicyclic amines) is 1. The molecule has 202 valence electrons. The Morgan fingerprint density at radius 3 is 2.15 bits per heavy atom. The van der Waals surface area contributed by atoms with Crippen LogP contribution in [-0.2, 0) is 4.79 Å². The summed E-state index contributed by atoms with van der Waals surface area (Å²) in [4.78, 5) is 32.9. The number of carbonyl (C=O) groups is 2. The highest BCUT2D eigenvalue weighted by Gasteiger charge is 2.26. The van der Waals surface area contributed by atoms with E-state index in [9.17, 15) is 9.59 Å². The predicted molar refractivity (Wildman–Crippen MR) is 158 cm³/mol. The number of benzene rings is 3. The maximum Gasteiger partial charge on any atom is 0.256 e. The maximum absolute atomic E-state index is 13.7. The van der Waals surface area contributed by atoms with E-state index in [1.807, 2.05) is 71.6 Å². The Morgan fingerprint density at radius 2 is 1.44 bits per heavy atom. The molecule has 1 N–H and O–H groups in total. The van der Waals surface area contributed by atoms with Crippen molar-refractivity contribution in [2.45, 2.75) is 19.3 Å². The molecule has 3 aromatic carbocycles. The lowest BCUT2D eigenvalue weighted by Crippen LogP contribution is -2.47. The quantitative estimate of drug-likeness (QED) is 0.425. The minimum absolute atomic E-state index is 0.0350. The molecular formula is C32H36N4O3. The van der Waals surface area contributed by atoms with E-state index in [4.69, 9.17) is 4.74 Å². The molecule has 0 saturated carbocycles. The van der Waals surface area contributed by atoms with Gasteiger partial charge in [0.1, 0.15) is 5.75 Å². The molecule has 3 aromatic rings. The molecule has 2 saturated heterocycles. The molecule has 2 amide bonds. The Balaban J connectivity index is 1.34. The van der Waals surface area contributed by atoms with Crippen molar-refractivity contribution in [1.29, 1.82) is 0 Å². The Hall–Kier alpha value is -4.26. The molecule has 7 heteroatoms. The number of ether oxygens (including phenoxy) is 1. The third-order valence-corrected chi connectivity index (χ3v) is 7.41. The number of methoxy groups -OCH3 is 1. The predicted octanol–water partition coefficient (Wildman–Crippen LogP) is 5.30. The molecule has 0 aliphatic carbocycles. The van der Waals surface area contributed by atoms with Crippen molar-refractivity contribution < 1.29 is 14.3 Å². The second-order valence-corrected chi connectivity index (χ2v) is 9.96. The summed E-state index contributed by atoms with van der Waals surface area (Å²) in [5.74, 6) is 0.675. The van der Waals surface area contributed by atoms with Crippen molar-refractivity contribution in [2.75, 3.05) is 61.5 Å². The van der Waals surface area contributed by atoms with E-state index < -0.39 is 0 Å². The average Bonchev–Trinajstić information content (AvgIpc) is 3.00. The van der Waals surface area contributed by atoms with Crippen LogP contribution in [0.2, 0.25) is 0 Å². The number of carbonyl (C=O) groups excluding carboxylic acids is 2. The number of piperazine rings is 1. The molecule has 0 bridgehead atoms. The number of amides is 2. The highest BCUT2D eigenvalue weighted by Crippen LogP contribution is 2.32. The number of piperidine rings is 1. The van der Waals surface area contributed by atoms with E-state index in [0.29, 0.717) is 11.3 Å². The van der Waals surface area contributed by atoms with E-state index in [0.717, 1.165) is 81.2 Å². The van der Waals surface area contributed by atoms with Crippen molar-refractivity contribution in [2.24, 2.45) is 0 Å². The largest absolute Gasteiger partial charge is 0.495 e. The number of anilines is 3. The van der Waals surface area contributed by atoms with Gasteiger partial charge in [-0.1, -0.05) is 42.5 Å². The van der Waals surface area contributed by atoms with Gasteiger partial charge in [0.05, 0.1) is 18.4 Å². The van der Waals surface area contributed by atoms with E-state index in [-0.39, 0.29) is 11.8 Å². The third kappa shape index (κ3) is 6.42. The van der Waals surface area contributed by atoms with Gasteiger partial charge >= 0.3 is 0 Å². The molecule has 2 aliphatic rings. The SMILES string of the molecule is COc1ccccc1N1CCN(c2ccc(NC(=O)/C=C/c3ccccc3)cc2C(=O)N2CCCCC2)CC1. The highest BCUT2D eigenvalue weighted by atomic mass is 16.5. The zero-order valence-electron chi connectivity index (χ0n) is 22.5. The number of nitrogens with zero attached hydrogens (tertiary/aromatic N) is 3. The van der Waals surface area contributed by atoms with Gasteiger partial charge in [0.2, 0.25) is 5.91 Å². The minimum Gasteiger partial charge on any atom is -0.495 e. The number of hydrogen-bond donors (Lipinski definition) is 1. The van der Waals surface area contributed by atoms with Crippen molar-refractivity contribution in [3.8, 4) is 5.75 Å². The molecule has 0 aromatic heterocycles. The Morgan fingerprint density at radius 1 is 0.769 bits per heavy atom. The summed E-state index contributed by atoms with van der Waals surface area (Å²) in [6, 6.07) is 23.5. The van der Waals surface area contributed by atoms with E-state index >= 15 is 0 Å². The van der Waals surface area contributed by atoms with E-state index in [2.05, 4.69) is 21.2 Å². The summed E-state index contributed by atoms with van der Waals surface area (Å²) in [5.41, 5.74) is 4.23. The molecule has 2 fully saturated rings. The summed E-state index contributed by atoms with van der Waals surface area (Å²) >= 11 is 0. The zero-order valence-corrected chi connectivity index (χ0v) is 22.5. The Kier molecular flexibility index (Phi) is 8.46. The molecule has 39 heavy (non-hydrogen) atoms. The topological polar surface area (TPSA) is 65.1 Å². The average molecular weight is 525 g/mol. The van der Waals surface area contributed by atoms with Crippen molar-refractivity contribution in [1.82, 2.24) is 4.90 Å². The summed E-state index contributed by atoms with van der Waals surface area (Å²) in [6.07, 6.45) is 6.52. The molecule has 0 atom stereocenters. The zero-order chi connectivity index (χ0) is 27.0. The second-order valence-electron chi connectivity index (χ2n) is 9.96. The molecule has 2 heterocycles. The molecule has 0 radical (unpaired) electrons. The van der Waals surface area contributed by atoms with Gasteiger partial charge in [-0.05, 0) is 61.2 Å². The first-order valence-corrected chi connectivity index (χ1v) is 13.7. The fourth-order valence-electron chi connectivity index (χ4n) is 5.33. The van der Waals surface area contributed by atoms with Crippen LogP contribution in [0.4, 0.5) is 17.1 Å². The van der Waals surface area contributed by atoms with Gasteiger partial charge < -0.3 is 24.8 Å². The van der Waals surface area contributed by atoms with Crippen LogP contribution in [0.3, 0.4) is 0 Å². The van der Waals surface area contributed by atoms with Crippen molar-refractivity contribution in [3.63, 3.8) is 0 Å². The van der Waals surface area contributed by atoms with Crippen molar-refractivity contribution >= 4 is 35.0 Å². The molecule has 0 unspecified atom stereocenters.